The highest BCUT2D eigenvalue weighted by Gasteiger charge is 2.23. The van der Waals surface area contributed by atoms with Crippen molar-refractivity contribution in [1.29, 1.82) is 0 Å². The average molecular weight is 1570 g/mol. The Morgan fingerprint density at radius 2 is 0.400 bits per heavy atom. The molecule has 0 aliphatic carbocycles. The molecule has 14 atom stereocenters. The van der Waals surface area contributed by atoms with Gasteiger partial charge in [0, 0.05) is 24.9 Å². The van der Waals surface area contributed by atoms with Gasteiger partial charge in [-0.25, -0.2) is 0 Å². The van der Waals surface area contributed by atoms with Crippen molar-refractivity contribution in [2.75, 3.05) is 165 Å². The topological polar surface area (TPSA) is 749 Å². The van der Waals surface area contributed by atoms with E-state index in [1.165, 1.54) is 7.05 Å². The van der Waals surface area contributed by atoms with Crippen LogP contribution in [0.3, 0.4) is 0 Å². The van der Waals surface area contributed by atoms with Crippen molar-refractivity contribution in [1.82, 2.24) is 10.9 Å². The van der Waals surface area contributed by atoms with E-state index < -0.39 is 258 Å². The molecule has 4 N–H and O–H groups in total. The van der Waals surface area contributed by atoms with E-state index in [1.807, 2.05) is 0 Å². The largest absolute Gasteiger partial charge is 0.756 e. The molecule has 0 aliphatic heterocycles. The molecule has 0 bridgehead atoms. The molecule has 0 aromatic rings. The molecule has 0 saturated carbocycles. The zero-order chi connectivity index (χ0) is 69.1. The fourth-order valence-corrected chi connectivity index (χ4v) is 12.3. The Bertz CT molecular complexity index is 2470. The van der Waals surface area contributed by atoms with Crippen molar-refractivity contribution in [3.05, 3.63) is 0 Å². The molecule has 0 fully saturated rings. The van der Waals surface area contributed by atoms with Crippen LogP contribution in [0.15, 0.2) is 0 Å². The molecule has 0 amide bonds. The van der Waals surface area contributed by atoms with Crippen molar-refractivity contribution in [2.45, 2.75) is 0 Å². The molecule has 0 radical (unpaired) electrons. The molecule has 0 aliphatic rings. The molecule has 14 unspecified atom stereocenters. The number of phosphoric ester groups is 12. The molecule has 0 spiro atoms. The summed E-state index contributed by atoms with van der Waals surface area (Å²) < 4.78 is 247. The number of rotatable bonds is 61. The van der Waals surface area contributed by atoms with E-state index in [4.69, 9.17) is 9.79 Å². The summed E-state index contributed by atoms with van der Waals surface area (Å²) in [6, 6.07) is 0. The lowest BCUT2D eigenvalue weighted by Gasteiger charge is -2.28. The van der Waals surface area contributed by atoms with Gasteiger partial charge in [0.2, 0.25) is 0 Å². The minimum atomic E-state index is -5.34. The zero-order valence-electron chi connectivity index (χ0n) is 45.5. The van der Waals surface area contributed by atoms with Crippen molar-refractivity contribution >= 4 is 93.9 Å². The summed E-state index contributed by atoms with van der Waals surface area (Å²) in [7, 11) is -61.8. The summed E-state index contributed by atoms with van der Waals surface area (Å²) in [4.78, 5) is 157. The SMILES string of the molecule is CNCC(COP(=O)([O-])O)COP(=O)([O-])OCCOP(=O)([O-])OCCOP(=O)([O-])OCCOP(=O)([O-])OCCOP(=O)([O-])OCCOP(=O)([O-])OCCOP(=O)([O-])OCCOP(=O)([O-])OCCOP(=O)([O-])OCCOP(=O)([O-])OCC(CNF)COP(=O)([O-])O. The number of nitrogens with one attached hydrogen (secondary N) is 2. The first kappa shape index (κ1) is 91.2. The van der Waals surface area contributed by atoms with Gasteiger partial charge in [-0.1, -0.05) is 0 Å². The number of phosphoric acid groups is 12. The van der Waals surface area contributed by atoms with E-state index in [-0.39, 0.29) is 6.54 Å². The lowest BCUT2D eigenvalue weighted by Crippen LogP contribution is -2.28. The van der Waals surface area contributed by atoms with Crippen LogP contribution >= 0.6 is 93.9 Å². The summed E-state index contributed by atoms with van der Waals surface area (Å²) in [6.45, 7) is -23.1. The third-order valence-corrected chi connectivity index (χ3v) is 18.8. The Balaban J connectivity index is 4.32. The summed E-state index contributed by atoms with van der Waals surface area (Å²) in [5.74, 6) is -2.23. The maximum atomic E-state index is 12.4. The summed E-state index contributed by atoms with van der Waals surface area (Å²) >= 11 is 0. The van der Waals surface area contributed by atoms with E-state index >= 15 is 0 Å². The molecule has 50 nitrogen and oxygen atoms in total. The maximum absolute atomic E-state index is 12.4. The second-order valence-electron chi connectivity index (χ2n) is 15.2. The van der Waals surface area contributed by atoms with E-state index in [1.54, 1.807) is 0 Å². The van der Waals surface area contributed by atoms with Gasteiger partial charge in [-0.2, -0.15) is 5.54 Å². The molecule has 0 aromatic heterocycles. The molecule has 0 heterocycles. The monoisotopic (exact) mass is 1570 g/mol. The molecule has 0 rings (SSSR count). The van der Waals surface area contributed by atoms with Gasteiger partial charge < -0.3 is 173 Å². The first-order chi connectivity index (χ1) is 41.1. The molecule has 90 heavy (non-hydrogen) atoms. The first-order valence-corrected chi connectivity index (χ1v) is 41.1. The van der Waals surface area contributed by atoms with Crippen LogP contribution in [0.4, 0.5) is 4.48 Å². The van der Waals surface area contributed by atoms with Crippen LogP contribution in [-0.4, -0.2) is 175 Å². The van der Waals surface area contributed by atoms with Crippen LogP contribution < -0.4 is 69.6 Å². The fraction of sp³-hybridized carbons (Fsp3) is 1.00. The lowest BCUT2D eigenvalue weighted by molar-refractivity contribution is -0.239. The van der Waals surface area contributed by atoms with Crippen LogP contribution in [0, 0.1) is 11.8 Å². The normalized spacial score (nSPS) is 21.2. The van der Waals surface area contributed by atoms with Gasteiger partial charge in [0.1, 0.15) is 0 Å². The van der Waals surface area contributed by atoms with Gasteiger partial charge >= 0.3 is 0 Å². The Kier molecular flexibility index (Phi) is 44.9. The molecular weight excluding hydrogens is 1510 g/mol. The zero-order valence-corrected chi connectivity index (χ0v) is 56.3. The third-order valence-electron chi connectivity index (χ3n) is 7.98. The van der Waals surface area contributed by atoms with E-state index in [2.05, 4.69) is 105 Å². The Morgan fingerprint density at radius 3 is 0.533 bits per heavy atom. The lowest BCUT2D eigenvalue weighted by atomic mass is 10.2. The highest BCUT2D eigenvalue weighted by atomic mass is 31.2. The van der Waals surface area contributed by atoms with E-state index in [9.17, 15) is 118 Å². The Morgan fingerprint density at radius 1 is 0.267 bits per heavy atom. The Labute approximate surface area is 508 Å². The number of hydrogen-bond acceptors (Lipinski definition) is 48. The van der Waals surface area contributed by atoms with Crippen molar-refractivity contribution in [3.63, 3.8) is 0 Å². The van der Waals surface area contributed by atoms with Crippen molar-refractivity contribution in [3.8, 4) is 0 Å². The second kappa shape index (κ2) is 44.3. The van der Waals surface area contributed by atoms with Crippen LogP contribution in [0.1, 0.15) is 0 Å². The van der Waals surface area contributed by atoms with Crippen LogP contribution in [-0.2, 0) is 154 Å². The number of halogens is 1. The fourth-order valence-electron chi connectivity index (χ4n) is 4.58. The van der Waals surface area contributed by atoms with Gasteiger partial charge in [-0.05, 0) is 7.05 Å². The van der Waals surface area contributed by atoms with Gasteiger partial charge in [-0.3, -0.25) is 54.8 Å². The smallest absolute Gasteiger partial charge is 0.268 e. The molecule has 0 aromatic carbocycles. The van der Waals surface area contributed by atoms with Crippen molar-refractivity contribution < 1.29 is 227 Å². The average Bonchev–Trinajstić information content (AvgIpc) is 3.59. The quantitative estimate of drug-likeness (QED) is 0.0250. The Hall–Kier alpha value is 1.17. The highest BCUT2D eigenvalue weighted by Crippen LogP contribution is 2.47. The second-order valence-corrected chi connectivity index (χ2v) is 31.7. The molecule has 0 saturated heterocycles. The molecular formula is C27H57FN2O48P12-12. The van der Waals surface area contributed by atoms with Gasteiger partial charge in [0.05, 0.1) is 145 Å². The molecule has 542 valence electrons. The minimum Gasteiger partial charge on any atom is -0.756 e. The third kappa shape index (κ3) is 55.1. The summed E-state index contributed by atoms with van der Waals surface area (Å²) in [5, 5.41) is 2.58. The highest BCUT2D eigenvalue weighted by molar-refractivity contribution is 7.48. The summed E-state index contributed by atoms with van der Waals surface area (Å²) in [6.07, 6.45) is 0. The maximum Gasteiger partial charge on any atom is 0.268 e. The van der Waals surface area contributed by atoms with Crippen LogP contribution in [0.5, 0.6) is 0 Å². The predicted octanol–water partition coefficient (Wildman–Crippen LogP) is -7.12. The van der Waals surface area contributed by atoms with E-state index in [0.29, 0.717) is 0 Å². The predicted molar refractivity (Wildman–Crippen MR) is 257 cm³/mol. The van der Waals surface area contributed by atoms with Crippen molar-refractivity contribution in [2.24, 2.45) is 11.8 Å². The van der Waals surface area contributed by atoms with E-state index in [0.717, 1.165) is 5.54 Å². The van der Waals surface area contributed by atoms with Crippen LogP contribution in [0.25, 0.3) is 0 Å². The number of hydrogen-bond donors (Lipinski definition) is 4. The standard InChI is InChI=1S/C27H69FN2O48P12/c1-29-20-26(22-75-79(31,32)33)24-77-89(53,54)73-18-16-71-87(49,50)69-14-12-67-85(45,46)65-10-8-63-83(41,42)61-6-4-59-81(37,38)57-2-3-58-82(39,40)60-5-7-62-84(43,44)64-9-11-66-86(47,48)68-13-15-70-88(51,52)72-17-19-74-90(55,56)78-25-27(21-30-28)23-76-80(34,35)36/h26-27,29-30H,2-25H2,1H3,(H,37,38)(H,39,40)(H,41,42)(H,43,44)(H,45,46)(H,47,48)(H,49,50)(H,51,52)(H,53,54)(H,55,56)(H2,31,32,33)(H2,34,35,36)/p-12. The molecule has 63 heteroatoms. The minimum absolute atomic E-state index is 0.0428. The van der Waals surface area contributed by atoms with Crippen LogP contribution in [0.2, 0.25) is 0 Å². The van der Waals surface area contributed by atoms with Gasteiger partial charge in [0.15, 0.2) is 0 Å². The first-order valence-electron chi connectivity index (χ1n) is 23.5. The summed E-state index contributed by atoms with van der Waals surface area (Å²) in [5.41, 5.74) is 1.08. The van der Waals surface area contributed by atoms with Gasteiger partial charge in [-0.15, -0.1) is 4.48 Å². The van der Waals surface area contributed by atoms with Gasteiger partial charge in [0.25, 0.3) is 93.9 Å².